The van der Waals surface area contributed by atoms with Gasteiger partial charge < -0.3 is 9.47 Å². The van der Waals surface area contributed by atoms with Crippen LogP contribution in [0.2, 0.25) is 0 Å². The lowest BCUT2D eigenvalue weighted by Crippen LogP contribution is -1.96. The number of hydrogen-bond acceptors (Lipinski definition) is 5. The molecule has 0 bridgehead atoms. The van der Waals surface area contributed by atoms with E-state index in [2.05, 4.69) is 16.1 Å². The smallest absolute Gasteiger partial charge is 0.338 e. The molecular weight excluding hydrogens is 212 g/mol. The third-order valence-electron chi connectivity index (χ3n) is 0.806. The predicted octanol–water partition coefficient (Wildman–Crippen LogP) is 0.741. The Kier molecular flexibility index (Phi) is 8.50. The van der Waals surface area contributed by atoms with Crippen LogP contribution in [-0.4, -0.2) is 17.9 Å². The molecule has 1 rings (SSSR count). The van der Waals surface area contributed by atoms with Crippen molar-refractivity contribution in [1.29, 1.82) is 0 Å². The van der Waals surface area contributed by atoms with Gasteiger partial charge in [0.15, 0.2) is 0 Å². The lowest BCUT2D eigenvalue weighted by Gasteiger charge is -1.83. The van der Waals surface area contributed by atoms with Gasteiger partial charge in [0.2, 0.25) is 0 Å². The minimum atomic E-state index is -0.579. The highest BCUT2D eigenvalue weighted by atomic mass is 35.5. The van der Waals surface area contributed by atoms with E-state index >= 15 is 0 Å². The molecule has 0 unspecified atom stereocenters. The van der Waals surface area contributed by atoms with E-state index in [1.54, 1.807) is 0 Å². The van der Waals surface area contributed by atoms with Gasteiger partial charge in [0.05, 0.1) is 6.26 Å². The Bertz CT molecular complexity index is 253. The van der Waals surface area contributed by atoms with Gasteiger partial charge in [-0.25, -0.2) is 9.59 Å². The zero-order valence-electron chi connectivity index (χ0n) is 7.39. The second-order valence-corrected chi connectivity index (χ2v) is 1.85. The second kappa shape index (κ2) is 8.00. The maximum atomic E-state index is 9.92. The summed E-state index contributed by atoms with van der Waals surface area (Å²) in [4.78, 5) is 29.6. The molecule has 0 spiro atoms. The van der Waals surface area contributed by atoms with Gasteiger partial charge in [0.25, 0.3) is 0 Å². The maximum absolute atomic E-state index is 9.92. The number of cyclic esters (lactones) is 2. The number of ether oxygens (including phenoxy) is 2. The van der Waals surface area contributed by atoms with E-state index in [0.29, 0.717) is 0 Å². The van der Waals surface area contributed by atoms with Crippen LogP contribution in [0, 0.1) is 0 Å². The van der Waals surface area contributed by atoms with Crippen molar-refractivity contribution in [3.8, 4) is 0 Å². The van der Waals surface area contributed by atoms with Crippen molar-refractivity contribution < 1.29 is 23.9 Å². The van der Waals surface area contributed by atoms with Gasteiger partial charge in [-0.3, -0.25) is 4.79 Å². The number of hydrogen-bond donors (Lipinski definition) is 0. The van der Waals surface area contributed by atoms with E-state index < -0.39 is 11.9 Å². The molecule has 78 valence electrons. The molecule has 5 nitrogen and oxygen atoms in total. The summed E-state index contributed by atoms with van der Waals surface area (Å²) in [5.74, 6) is -1.49. The van der Waals surface area contributed by atoms with Crippen LogP contribution in [0.15, 0.2) is 25.0 Å². The highest BCUT2D eigenvalue weighted by molar-refractivity contribution is 6.04. The van der Waals surface area contributed by atoms with E-state index in [9.17, 15) is 14.4 Å². The first-order valence-electron chi connectivity index (χ1n) is 3.28. The molecule has 0 saturated heterocycles. The Labute approximate surface area is 86.8 Å². The zero-order chi connectivity index (χ0) is 10.3. The van der Waals surface area contributed by atoms with E-state index in [0.717, 1.165) is 18.4 Å². The summed E-state index contributed by atoms with van der Waals surface area (Å²) in [5.41, 5.74) is 0. The van der Waals surface area contributed by atoms with Crippen molar-refractivity contribution in [2.24, 2.45) is 0 Å². The molecule has 0 saturated carbocycles. The molecule has 0 radical (unpaired) electrons. The molecule has 1 aliphatic heterocycles. The average molecular weight is 221 g/mol. The molecule has 0 aromatic carbocycles. The summed E-state index contributed by atoms with van der Waals surface area (Å²) in [6.07, 6.45) is 3.27. The highest BCUT2D eigenvalue weighted by Gasteiger charge is 2.10. The first-order valence-corrected chi connectivity index (χ1v) is 3.28. The lowest BCUT2D eigenvalue weighted by molar-refractivity contribution is -0.150. The third-order valence-corrected chi connectivity index (χ3v) is 0.806. The van der Waals surface area contributed by atoms with Crippen LogP contribution < -0.4 is 0 Å². The molecule has 1 aliphatic rings. The number of esters is 3. The second-order valence-electron chi connectivity index (χ2n) is 1.85. The van der Waals surface area contributed by atoms with Gasteiger partial charge in [-0.2, -0.15) is 0 Å². The standard InChI is InChI=1S/C4H2O3.C4H6O2.ClH/c5-3-1-2-4(6)7-3;1-3-6-4(2)5;/h1-2H;3H,1H2,2H3;1H. The maximum Gasteiger partial charge on any atom is 0.338 e. The van der Waals surface area contributed by atoms with Crippen LogP contribution in [0.4, 0.5) is 0 Å². The fraction of sp³-hybridized carbons (Fsp3) is 0.125. The Balaban J connectivity index is 0. The summed E-state index contributed by atoms with van der Waals surface area (Å²) in [5, 5.41) is 0. The first kappa shape index (κ1) is 14.9. The molecule has 0 amide bonds. The van der Waals surface area contributed by atoms with Gasteiger partial charge in [0.1, 0.15) is 0 Å². The van der Waals surface area contributed by atoms with Crippen molar-refractivity contribution in [2.45, 2.75) is 6.92 Å². The molecule has 0 N–H and O–H groups in total. The van der Waals surface area contributed by atoms with Gasteiger partial charge in [-0.05, 0) is 0 Å². The molecule has 1 heterocycles. The summed E-state index contributed by atoms with van der Waals surface area (Å²) in [7, 11) is 0. The largest absolute Gasteiger partial charge is 0.435 e. The Morgan fingerprint density at radius 1 is 1.43 bits per heavy atom. The van der Waals surface area contributed by atoms with Crippen molar-refractivity contribution in [1.82, 2.24) is 0 Å². The van der Waals surface area contributed by atoms with Crippen LogP contribution in [0.3, 0.4) is 0 Å². The molecule has 0 atom stereocenters. The Morgan fingerprint density at radius 2 is 1.86 bits per heavy atom. The Hall–Kier alpha value is -1.62. The molecule has 6 heteroatoms. The monoisotopic (exact) mass is 220 g/mol. The minimum Gasteiger partial charge on any atom is -0.435 e. The number of rotatable bonds is 1. The van der Waals surface area contributed by atoms with Gasteiger partial charge in [-0.15, -0.1) is 12.4 Å². The third kappa shape index (κ3) is 8.48. The van der Waals surface area contributed by atoms with E-state index in [1.807, 2.05) is 0 Å². The Morgan fingerprint density at radius 3 is 1.93 bits per heavy atom. The number of carbonyl (C=O) groups excluding carboxylic acids is 3. The number of carbonyl (C=O) groups is 3. The fourth-order valence-electron chi connectivity index (χ4n) is 0.421. The van der Waals surface area contributed by atoms with E-state index in [1.165, 1.54) is 6.92 Å². The summed E-state index contributed by atoms with van der Waals surface area (Å²) in [6, 6.07) is 0. The SMILES string of the molecule is C=COC(C)=O.Cl.O=C1C=CC(=O)O1. The zero-order valence-corrected chi connectivity index (χ0v) is 8.21. The van der Waals surface area contributed by atoms with Gasteiger partial charge >= 0.3 is 17.9 Å². The summed E-state index contributed by atoms with van der Waals surface area (Å²) < 4.78 is 8.14. The van der Waals surface area contributed by atoms with Crippen LogP contribution in [0.5, 0.6) is 0 Å². The molecule has 0 fully saturated rings. The van der Waals surface area contributed by atoms with Crippen LogP contribution in [0.1, 0.15) is 6.92 Å². The quantitative estimate of drug-likeness (QED) is 0.370. The minimum absolute atomic E-state index is 0. The normalized spacial score (nSPS) is 11.8. The molecular formula is C8H9ClO5. The van der Waals surface area contributed by atoms with E-state index in [-0.39, 0.29) is 18.4 Å². The number of halogens is 1. The fourth-order valence-corrected chi connectivity index (χ4v) is 0.421. The highest BCUT2D eigenvalue weighted by Crippen LogP contribution is 1.92. The van der Waals surface area contributed by atoms with Gasteiger partial charge in [-0.1, -0.05) is 6.58 Å². The summed E-state index contributed by atoms with van der Waals surface area (Å²) >= 11 is 0. The summed E-state index contributed by atoms with van der Waals surface area (Å²) in [6.45, 7) is 4.48. The predicted molar refractivity (Wildman–Crippen MR) is 49.5 cm³/mol. The topological polar surface area (TPSA) is 69.7 Å². The molecule has 0 aromatic rings. The molecule has 14 heavy (non-hydrogen) atoms. The van der Waals surface area contributed by atoms with Gasteiger partial charge in [0, 0.05) is 19.1 Å². The van der Waals surface area contributed by atoms with Crippen LogP contribution >= 0.6 is 12.4 Å². The van der Waals surface area contributed by atoms with Crippen LogP contribution in [-0.2, 0) is 23.9 Å². The van der Waals surface area contributed by atoms with Crippen molar-refractivity contribution in [2.75, 3.05) is 0 Å². The van der Waals surface area contributed by atoms with Crippen molar-refractivity contribution in [3.63, 3.8) is 0 Å². The molecule has 0 aliphatic carbocycles. The average Bonchev–Trinajstić information content (AvgIpc) is 2.35. The van der Waals surface area contributed by atoms with E-state index in [4.69, 9.17) is 0 Å². The van der Waals surface area contributed by atoms with Crippen molar-refractivity contribution >= 4 is 30.3 Å². The molecule has 0 aromatic heterocycles. The first-order chi connectivity index (χ1) is 6.06. The van der Waals surface area contributed by atoms with Crippen LogP contribution in [0.25, 0.3) is 0 Å². The lowest BCUT2D eigenvalue weighted by atomic mass is 10.6. The van der Waals surface area contributed by atoms with Crippen molar-refractivity contribution in [3.05, 3.63) is 25.0 Å².